The SMILES string of the molecule is CCN(CC)CCOc1ncc(F)cc1CCl. The van der Waals surface area contributed by atoms with Gasteiger partial charge in [-0.05, 0) is 19.2 Å². The van der Waals surface area contributed by atoms with Crippen LogP contribution in [0.4, 0.5) is 4.39 Å². The molecule has 0 fully saturated rings. The fraction of sp³-hybridized carbons (Fsp3) is 0.583. The number of pyridine rings is 1. The number of alkyl halides is 1. The van der Waals surface area contributed by atoms with Crippen LogP contribution in [-0.4, -0.2) is 36.1 Å². The van der Waals surface area contributed by atoms with E-state index in [2.05, 4.69) is 23.7 Å². The molecule has 0 spiro atoms. The molecule has 0 bridgehead atoms. The number of halogens is 2. The van der Waals surface area contributed by atoms with Crippen molar-refractivity contribution >= 4 is 11.6 Å². The summed E-state index contributed by atoms with van der Waals surface area (Å²) in [6.07, 6.45) is 1.14. The van der Waals surface area contributed by atoms with Crippen molar-refractivity contribution in [3.8, 4) is 5.88 Å². The summed E-state index contributed by atoms with van der Waals surface area (Å²) in [4.78, 5) is 6.14. The molecule has 0 radical (unpaired) electrons. The summed E-state index contributed by atoms with van der Waals surface area (Å²) in [6.45, 7) is 7.53. The summed E-state index contributed by atoms with van der Waals surface area (Å²) in [5, 5.41) is 0. The topological polar surface area (TPSA) is 25.4 Å². The Kier molecular flexibility index (Phi) is 6.22. The van der Waals surface area contributed by atoms with Crippen LogP contribution in [-0.2, 0) is 5.88 Å². The molecule has 3 nitrogen and oxygen atoms in total. The molecule has 0 unspecified atom stereocenters. The molecule has 0 saturated carbocycles. The van der Waals surface area contributed by atoms with E-state index in [4.69, 9.17) is 16.3 Å². The van der Waals surface area contributed by atoms with Crippen molar-refractivity contribution in [1.29, 1.82) is 0 Å². The summed E-state index contributed by atoms with van der Waals surface area (Å²) in [6, 6.07) is 1.35. The molecule has 1 heterocycles. The highest BCUT2D eigenvalue weighted by atomic mass is 35.5. The van der Waals surface area contributed by atoms with Crippen LogP contribution in [0.2, 0.25) is 0 Å². The Morgan fingerprint density at radius 2 is 2.12 bits per heavy atom. The second-order valence-corrected chi connectivity index (χ2v) is 3.89. The maximum absolute atomic E-state index is 12.9. The third-order valence-electron chi connectivity index (χ3n) is 2.58. The van der Waals surface area contributed by atoms with Crippen LogP contribution >= 0.6 is 11.6 Å². The van der Waals surface area contributed by atoms with Crippen molar-refractivity contribution in [3.63, 3.8) is 0 Å². The molecule has 0 N–H and O–H groups in total. The summed E-state index contributed by atoms with van der Waals surface area (Å²) in [7, 11) is 0. The largest absolute Gasteiger partial charge is 0.476 e. The van der Waals surface area contributed by atoms with Gasteiger partial charge in [-0.15, -0.1) is 11.6 Å². The lowest BCUT2D eigenvalue weighted by molar-refractivity contribution is 0.216. The molecule has 0 saturated heterocycles. The van der Waals surface area contributed by atoms with Gasteiger partial charge in [0.2, 0.25) is 5.88 Å². The first-order valence-corrected chi connectivity index (χ1v) is 6.30. The van der Waals surface area contributed by atoms with E-state index in [9.17, 15) is 4.39 Å². The number of hydrogen-bond donors (Lipinski definition) is 0. The van der Waals surface area contributed by atoms with Gasteiger partial charge in [0, 0.05) is 12.1 Å². The van der Waals surface area contributed by atoms with Crippen LogP contribution in [0.1, 0.15) is 19.4 Å². The van der Waals surface area contributed by atoms with E-state index in [1.54, 1.807) is 0 Å². The van der Waals surface area contributed by atoms with Gasteiger partial charge in [-0.25, -0.2) is 9.37 Å². The summed E-state index contributed by atoms with van der Waals surface area (Å²) in [5.41, 5.74) is 0.589. The molecule has 17 heavy (non-hydrogen) atoms. The maximum Gasteiger partial charge on any atom is 0.217 e. The normalized spacial score (nSPS) is 10.9. The van der Waals surface area contributed by atoms with Crippen molar-refractivity contribution in [1.82, 2.24) is 9.88 Å². The van der Waals surface area contributed by atoms with Crippen molar-refractivity contribution in [3.05, 3.63) is 23.6 Å². The summed E-state index contributed by atoms with van der Waals surface area (Å²) >= 11 is 5.70. The highest BCUT2D eigenvalue weighted by Crippen LogP contribution is 2.18. The first-order chi connectivity index (χ1) is 8.21. The molecule has 0 atom stereocenters. The zero-order chi connectivity index (χ0) is 12.7. The van der Waals surface area contributed by atoms with Gasteiger partial charge in [-0.2, -0.15) is 0 Å². The Balaban J connectivity index is 2.51. The van der Waals surface area contributed by atoms with E-state index < -0.39 is 5.82 Å². The highest BCUT2D eigenvalue weighted by molar-refractivity contribution is 6.17. The molecule has 1 aromatic rings. The molecular weight excluding hydrogens is 243 g/mol. The molecular formula is C12H18ClFN2O. The van der Waals surface area contributed by atoms with Crippen LogP contribution < -0.4 is 4.74 Å². The molecule has 5 heteroatoms. The van der Waals surface area contributed by atoms with Crippen LogP contribution in [0, 0.1) is 5.82 Å². The van der Waals surface area contributed by atoms with E-state index in [1.165, 1.54) is 6.07 Å². The van der Waals surface area contributed by atoms with E-state index in [-0.39, 0.29) is 5.88 Å². The number of likely N-dealkylation sites (N-methyl/N-ethyl adjacent to an activating group) is 1. The second kappa shape index (κ2) is 7.45. The number of nitrogens with zero attached hydrogens (tertiary/aromatic N) is 2. The van der Waals surface area contributed by atoms with Gasteiger partial charge in [0.1, 0.15) is 12.4 Å². The minimum absolute atomic E-state index is 0.200. The van der Waals surface area contributed by atoms with Crippen LogP contribution in [0.3, 0.4) is 0 Å². The molecule has 1 aromatic heterocycles. The zero-order valence-electron chi connectivity index (χ0n) is 10.2. The summed E-state index contributed by atoms with van der Waals surface area (Å²) < 4.78 is 18.4. The maximum atomic E-state index is 12.9. The Morgan fingerprint density at radius 1 is 1.41 bits per heavy atom. The van der Waals surface area contributed by atoms with Crippen molar-refractivity contribution in [2.45, 2.75) is 19.7 Å². The van der Waals surface area contributed by atoms with Crippen molar-refractivity contribution in [2.75, 3.05) is 26.2 Å². The Hall–Kier alpha value is -0.870. The molecule has 1 rings (SSSR count). The monoisotopic (exact) mass is 260 g/mol. The highest BCUT2D eigenvalue weighted by Gasteiger charge is 2.07. The van der Waals surface area contributed by atoms with Gasteiger partial charge < -0.3 is 9.64 Å². The quantitative estimate of drug-likeness (QED) is 0.705. The Bertz CT molecular complexity index is 345. The van der Waals surface area contributed by atoms with Crippen LogP contribution in [0.5, 0.6) is 5.88 Å². The number of rotatable bonds is 7. The molecule has 0 aliphatic carbocycles. The fourth-order valence-corrected chi connectivity index (χ4v) is 1.70. The fourth-order valence-electron chi connectivity index (χ4n) is 1.51. The lowest BCUT2D eigenvalue weighted by Gasteiger charge is -2.18. The van der Waals surface area contributed by atoms with Gasteiger partial charge in [-0.3, -0.25) is 0 Å². The second-order valence-electron chi connectivity index (χ2n) is 3.63. The van der Waals surface area contributed by atoms with Crippen molar-refractivity contribution in [2.24, 2.45) is 0 Å². The van der Waals surface area contributed by atoms with Gasteiger partial charge in [-0.1, -0.05) is 13.8 Å². The van der Waals surface area contributed by atoms with E-state index in [0.717, 1.165) is 25.8 Å². The summed E-state index contributed by atoms with van der Waals surface area (Å²) in [5.74, 6) is 0.232. The number of aromatic nitrogens is 1. The lowest BCUT2D eigenvalue weighted by atomic mass is 10.3. The number of hydrogen-bond acceptors (Lipinski definition) is 3. The predicted octanol–water partition coefficient (Wildman–Crippen LogP) is 2.68. The smallest absolute Gasteiger partial charge is 0.217 e. The predicted molar refractivity (Wildman–Crippen MR) is 67.0 cm³/mol. The van der Waals surface area contributed by atoms with Gasteiger partial charge in [0.05, 0.1) is 12.1 Å². The van der Waals surface area contributed by atoms with Crippen LogP contribution in [0.15, 0.2) is 12.3 Å². The first kappa shape index (κ1) is 14.2. The Morgan fingerprint density at radius 3 is 2.71 bits per heavy atom. The Labute approximate surface area is 107 Å². The van der Waals surface area contributed by atoms with Crippen LogP contribution in [0.25, 0.3) is 0 Å². The molecule has 0 amide bonds. The minimum Gasteiger partial charge on any atom is -0.476 e. The first-order valence-electron chi connectivity index (χ1n) is 5.76. The zero-order valence-corrected chi connectivity index (χ0v) is 11.0. The van der Waals surface area contributed by atoms with Gasteiger partial charge >= 0.3 is 0 Å². The number of ether oxygens (including phenoxy) is 1. The average Bonchev–Trinajstić information content (AvgIpc) is 2.36. The molecule has 0 aromatic carbocycles. The average molecular weight is 261 g/mol. The van der Waals surface area contributed by atoms with E-state index >= 15 is 0 Å². The molecule has 0 aliphatic heterocycles. The lowest BCUT2D eigenvalue weighted by Crippen LogP contribution is -2.28. The van der Waals surface area contributed by atoms with Gasteiger partial charge in [0.25, 0.3) is 0 Å². The van der Waals surface area contributed by atoms with E-state index in [1.807, 2.05) is 0 Å². The third kappa shape index (κ3) is 4.48. The van der Waals surface area contributed by atoms with Crippen molar-refractivity contribution < 1.29 is 9.13 Å². The third-order valence-corrected chi connectivity index (χ3v) is 2.86. The molecule has 0 aliphatic rings. The van der Waals surface area contributed by atoms with Gasteiger partial charge in [0.15, 0.2) is 0 Å². The van der Waals surface area contributed by atoms with E-state index in [0.29, 0.717) is 18.1 Å². The molecule has 96 valence electrons. The minimum atomic E-state index is -0.392. The standard InChI is InChI=1S/C12H18ClFN2O/c1-3-16(4-2)5-6-17-12-10(8-13)7-11(14)9-15-12/h7,9H,3-6,8H2,1-2H3.